The van der Waals surface area contributed by atoms with Crippen molar-refractivity contribution in [1.82, 2.24) is 19.6 Å². The molecule has 1 aliphatic heterocycles. The number of hydrogen-bond donors (Lipinski definition) is 2. The molecule has 5 rings (SSSR count). The molecule has 0 spiro atoms. The molecule has 0 radical (unpaired) electrons. The average Bonchev–Trinajstić information content (AvgIpc) is 3.54. The lowest BCUT2D eigenvalue weighted by atomic mass is 9.93. The molecule has 3 amide bonds. The Labute approximate surface area is 299 Å². The number of hydrogen-bond acceptors (Lipinski definition) is 7. The number of ether oxygens (including phenoxy) is 1. The lowest BCUT2D eigenvalue weighted by molar-refractivity contribution is -0.118. The topological polar surface area (TPSA) is 134 Å². The van der Waals surface area contributed by atoms with Gasteiger partial charge in [0.05, 0.1) is 23.9 Å². The number of nitrogens with zero attached hydrogens (tertiary/aromatic N) is 4. The first-order chi connectivity index (χ1) is 24.6. The molecule has 268 valence electrons. The summed E-state index contributed by atoms with van der Waals surface area (Å²) < 4.78 is 7.24. The molecular formula is C40H47N5O6. The second-order valence-electron chi connectivity index (χ2n) is 13.0. The number of Topliss-reactive ketones (excluding diaryl/α,β-unsaturated/α-hetero) is 1. The third-order valence-electron chi connectivity index (χ3n) is 9.15. The van der Waals surface area contributed by atoms with E-state index in [0.717, 1.165) is 36.8 Å². The van der Waals surface area contributed by atoms with Gasteiger partial charge in [0.25, 0.3) is 17.7 Å². The van der Waals surface area contributed by atoms with E-state index in [1.807, 2.05) is 36.1 Å². The SMILES string of the molecule is CCCCN(CCCC)C(=O)c1cc(C)n(-c2ccc(NC(=O)COc3ccc(C(C)=O)cc3)cc2C(=O)N2Cc3ccccc3CC2CO)n1. The summed E-state index contributed by atoms with van der Waals surface area (Å²) >= 11 is 0. The van der Waals surface area contributed by atoms with E-state index in [-0.39, 0.29) is 36.4 Å². The van der Waals surface area contributed by atoms with Crippen LogP contribution in [0, 0.1) is 6.92 Å². The van der Waals surface area contributed by atoms with Crippen LogP contribution in [-0.2, 0) is 17.8 Å². The van der Waals surface area contributed by atoms with Crippen molar-refractivity contribution in [1.29, 1.82) is 0 Å². The molecule has 0 fully saturated rings. The molecule has 51 heavy (non-hydrogen) atoms. The fourth-order valence-corrected chi connectivity index (χ4v) is 6.24. The molecule has 3 aromatic carbocycles. The number of amides is 3. The van der Waals surface area contributed by atoms with Crippen LogP contribution in [0.3, 0.4) is 0 Å². The molecule has 11 nitrogen and oxygen atoms in total. The predicted molar refractivity (Wildman–Crippen MR) is 195 cm³/mol. The summed E-state index contributed by atoms with van der Waals surface area (Å²) in [6.45, 7) is 8.58. The molecule has 0 saturated heterocycles. The normalized spacial score (nSPS) is 13.7. The van der Waals surface area contributed by atoms with Gasteiger partial charge in [-0.1, -0.05) is 51.0 Å². The Hall–Kier alpha value is -5.29. The molecule has 0 aliphatic carbocycles. The van der Waals surface area contributed by atoms with Crippen LogP contribution in [0.4, 0.5) is 5.69 Å². The van der Waals surface area contributed by atoms with E-state index in [1.165, 1.54) is 6.92 Å². The van der Waals surface area contributed by atoms with Crippen LogP contribution in [0.15, 0.2) is 72.8 Å². The molecular weight excluding hydrogens is 646 g/mol. The van der Waals surface area contributed by atoms with Gasteiger partial charge in [-0.15, -0.1) is 0 Å². The van der Waals surface area contributed by atoms with Gasteiger partial charge in [0.15, 0.2) is 18.1 Å². The van der Waals surface area contributed by atoms with E-state index in [1.54, 1.807) is 58.1 Å². The zero-order chi connectivity index (χ0) is 36.5. The van der Waals surface area contributed by atoms with Crippen molar-refractivity contribution in [3.63, 3.8) is 0 Å². The monoisotopic (exact) mass is 693 g/mol. The third-order valence-corrected chi connectivity index (χ3v) is 9.15. The number of benzene rings is 3. The van der Waals surface area contributed by atoms with Crippen LogP contribution < -0.4 is 10.1 Å². The van der Waals surface area contributed by atoms with Crippen LogP contribution in [0.5, 0.6) is 5.75 Å². The third kappa shape index (κ3) is 8.90. The van der Waals surface area contributed by atoms with Crippen LogP contribution in [0.25, 0.3) is 5.69 Å². The highest BCUT2D eigenvalue weighted by atomic mass is 16.5. The number of rotatable bonds is 15. The molecule has 1 unspecified atom stereocenters. The predicted octanol–water partition coefficient (Wildman–Crippen LogP) is 6.00. The fourth-order valence-electron chi connectivity index (χ4n) is 6.24. The van der Waals surface area contributed by atoms with Gasteiger partial charge in [-0.25, -0.2) is 4.68 Å². The van der Waals surface area contributed by atoms with Gasteiger partial charge in [0.1, 0.15) is 5.75 Å². The number of anilines is 1. The Morgan fingerprint density at radius 2 is 1.63 bits per heavy atom. The van der Waals surface area contributed by atoms with E-state index < -0.39 is 11.9 Å². The number of carbonyl (C=O) groups excluding carboxylic acids is 4. The lowest BCUT2D eigenvalue weighted by Crippen LogP contribution is -2.46. The number of aromatic nitrogens is 2. The van der Waals surface area contributed by atoms with Crippen molar-refractivity contribution >= 4 is 29.2 Å². The lowest BCUT2D eigenvalue weighted by Gasteiger charge is -2.36. The highest BCUT2D eigenvalue weighted by Crippen LogP contribution is 2.29. The molecule has 0 saturated carbocycles. The van der Waals surface area contributed by atoms with Gasteiger partial charge in [0.2, 0.25) is 0 Å². The minimum Gasteiger partial charge on any atom is -0.484 e. The van der Waals surface area contributed by atoms with Gasteiger partial charge < -0.3 is 25.0 Å². The van der Waals surface area contributed by atoms with Crippen molar-refractivity contribution in [2.75, 3.05) is 31.6 Å². The zero-order valence-electron chi connectivity index (χ0n) is 29.9. The summed E-state index contributed by atoms with van der Waals surface area (Å²) in [5.74, 6) is -0.573. The number of aliphatic hydroxyl groups is 1. The van der Waals surface area contributed by atoms with Crippen molar-refractivity contribution in [3.05, 3.63) is 106 Å². The largest absolute Gasteiger partial charge is 0.484 e. The highest BCUT2D eigenvalue weighted by molar-refractivity contribution is 6.01. The minimum absolute atomic E-state index is 0.0683. The quantitative estimate of drug-likeness (QED) is 0.146. The van der Waals surface area contributed by atoms with Crippen LogP contribution in [0.1, 0.15) is 94.5 Å². The Morgan fingerprint density at radius 3 is 2.27 bits per heavy atom. The smallest absolute Gasteiger partial charge is 0.274 e. The molecule has 0 bridgehead atoms. The summed E-state index contributed by atoms with van der Waals surface area (Å²) in [4.78, 5) is 56.3. The number of aliphatic hydroxyl groups excluding tert-OH is 1. The standard InChI is InChI=1S/C40H47N5O6/c1-5-7-19-43(20-8-6-2)40(50)36-21-27(3)45(42-36)37-18-15-32(41-38(48)26-51-34-16-13-29(14-17-34)28(4)47)23-35(37)39(49)44-24-31-12-10-9-11-30(31)22-33(44)25-46/h9-18,21,23,33,46H,5-8,19-20,22,24-26H2,1-4H3,(H,41,48). The first-order valence-electron chi connectivity index (χ1n) is 17.7. The van der Waals surface area contributed by atoms with Gasteiger partial charge in [0, 0.05) is 36.6 Å². The summed E-state index contributed by atoms with van der Waals surface area (Å²) in [6.07, 6.45) is 4.22. The first-order valence-corrected chi connectivity index (χ1v) is 17.7. The summed E-state index contributed by atoms with van der Waals surface area (Å²) in [5.41, 5.74) is 4.65. The number of aryl methyl sites for hydroxylation is 1. The number of carbonyl (C=O) groups is 4. The van der Waals surface area contributed by atoms with Gasteiger partial charge in [-0.05, 0) is 92.8 Å². The van der Waals surface area contributed by atoms with Crippen LogP contribution >= 0.6 is 0 Å². The summed E-state index contributed by atoms with van der Waals surface area (Å²) in [7, 11) is 0. The van der Waals surface area contributed by atoms with Crippen molar-refractivity contribution in [3.8, 4) is 11.4 Å². The molecule has 1 aromatic heterocycles. The zero-order valence-corrected chi connectivity index (χ0v) is 29.9. The van der Waals surface area contributed by atoms with E-state index in [0.29, 0.717) is 60.1 Å². The van der Waals surface area contributed by atoms with E-state index in [2.05, 4.69) is 19.2 Å². The second-order valence-corrected chi connectivity index (χ2v) is 13.0. The minimum atomic E-state index is -0.456. The van der Waals surface area contributed by atoms with Crippen molar-refractivity contribution in [2.45, 2.75) is 72.4 Å². The Morgan fingerprint density at radius 1 is 0.941 bits per heavy atom. The molecule has 4 aromatic rings. The number of nitrogens with one attached hydrogen (secondary N) is 1. The van der Waals surface area contributed by atoms with E-state index in [9.17, 15) is 24.3 Å². The second kappa shape index (κ2) is 17.1. The van der Waals surface area contributed by atoms with Gasteiger partial charge in [-0.2, -0.15) is 5.10 Å². The molecule has 2 N–H and O–H groups in total. The Balaban J connectivity index is 1.46. The maximum atomic E-state index is 14.5. The highest BCUT2D eigenvalue weighted by Gasteiger charge is 2.32. The summed E-state index contributed by atoms with van der Waals surface area (Å²) in [5, 5.41) is 17.9. The molecule has 11 heteroatoms. The van der Waals surface area contributed by atoms with Crippen LogP contribution in [0.2, 0.25) is 0 Å². The Kier molecular flexibility index (Phi) is 12.4. The van der Waals surface area contributed by atoms with Gasteiger partial charge >= 0.3 is 0 Å². The summed E-state index contributed by atoms with van der Waals surface area (Å²) in [6, 6.07) is 20.7. The van der Waals surface area contributed by atoms with E-state index in [4.69, 9.17) is 9.84 Å². The number of ketones is 1. The maximum Gasteiger partial charge on any atom is 0.274 e. The van der Waals surface area contributed by atoms with Crippen molar-refractivity contribution in [2.24, 2.45) is 0 Å². The number of unbranched alkanes of at least 4 members (excludes halogenated alkanes) is 2. The average molecular weight is 694 g/mol. The number of fused-ring (bicyclic) bond motifs is 1. The van der Waals surface area contributed by atoms with Crippen LogP contribution in [-0.4, -0.2) is 80.5 Å². The van der Waals surface area contributed by atoms with Crippen molar-refractivity contribution < 1.29 is 29.0 Å². The first kappa shape index (κ1) is 37.0. The van der Waals surface area contributed by atoms with Gasteiger partial charge in [-0.3, -0.25) is 19.2 Å². The fraction of sp³-hybridized carbons (Fsp3) is 0.375. The molecule has 1 atom stereocenters. The molecule has 1 aliphatic rings. The van der Waals surface area contributed by atoms with E-state index >= 15 is 0 Å². The molecule has 2 heterocycles. The maximum absolute atomic E-state index is 14.5. The Bertz CT molecular complexity index is 1860.